The van der Waals surface area contributed by atoms with Crippen LogP contribution in [0.5, 0.6) is 0 Å². The van der Waals surface area contributed by atoms with Crippen molar-refractivity contribution < 1.29 is 0 Å². The summed E-state index contributed by atoms with van der Waals surface area (Å²) in [6.45, 7) is 7.70. The van der Waals surface area contributed by atoms with Crippen molar-refractivity contribution in [3.8, 4) is 0 Å². The van der Waals surface area contributed by atoms with E-state index in [1.54, 1.807) is 6.20 Å². The van der Waals surface area contributed by atoms with Gasteiger partial charge in [-0.25, -0.2) is 0 Å². The number of anilines is 1. The van der Waals surface area contributed by atoms with E-state index in [2.05, 4.69) is 31.1 Å². The molecule has 0 spiro atoms. The van der Waals surface area contributed by atoms with Gasteiger partial charge in [-0.15, -0.1) is 0 Å². The van der Waals surface area contributed by atoms with Crippen molar-refractivity contribution in [2.45, 2.75) is 46.5 Å². The topological polar surface area (TPSA) is 50.9 Å². The van der Waals surface area contributed by atoms with Gasteiger partial charge in [-0.1, -0.05) is 52.3 Å². The Morgan fingerprint density at radius 2 is 2.16 bits per heavy atom. The van der Waals surface area contributed by atoms with Gasteiger partial charge in [0, 0.05) is 12.7 Å². The van der Waals surface area contributed by atoms with Crippen LogP contribution in [0.2, 0.25) is 0 Å². The number of nitrogens with zero attached hydrogens (tertiary/aromatic N) is 1. The van der Waals surface area contributed by atoms with Crippen LogP contribution < -0.4 is 11.1 Å². The molecule has 0 aromatic carbocycles. The molecule has 19 heavy (non-hydrogen) atoms. The molecule has 0 bridgehead atoms. The lowest BCUT2D eigenvalue weighted by atomic mass is 9.87. The average molecular weight is 279 g/mol. The smallest absolute Gasteiger partial charge is 0.124 e. The van der Waals surface area contributed by atoms with Crippen molar-refractivity contribution in [3.63, 3.8) is 0 Å². The van der Waals surface area contributed by atoms with Crippen LogP contribution in [-0.4, -0.2) is 16.5 Å². The van der Waals surface area contributed by atoms with Crippen molar-refractivity contribution in [1.29, 1.82) is 0 Å². The van der Waals surface area contributed by atoms with Crippen LogP contribution in [0.1, 0.15) is 52.1 Å². The van der Waals surface area contributed by atoms with Crippen molar-refractivity contribution in [1.82, 2.24) is 4.98 Å². The second kappa shape index (κ2) is 7.43. The summed E-state index contributed by atoms with van der Waals surface area (Å²) < 4.78 is 0. The number of rotatable bonds is 8. The van der Waals surface area contributed by atoms with Crippen LogP contribution in [0, 0.1) is 5.41 Å². The standard InChI is InChI=1S/C15H25N3S/c1-4-5-6-9-15(2,3)11-18-12-8-7-10-17-13(12)14(16)19/h7-8,10,18H,4-6,9,11H2,1-3H3,(H2,16,19). The SMILES string of the molecule is CCCCCC(C)(C)CNc1cccnc1C(N)=S. The Kier molecular flexibility index (Phi) is 6.22. The zero-order valence-electron chi connectivity index (χ0n) is 12.2. The van der Waals surface area contributed by atoms with Crippen molar-refractivity contribution >= 4 is 22.9 Å². The summed E-state index contributed by atoms with van der Waals surface area (Å²) >= 11 is 5.02. The van der Waals surface area contributed by atoms with Gasteiger partial charge in [-0.2, -0.15) is 0 Å². The Balaban J connectivity index is 2.58. The monoisotopic (exact) mass is 279 g/mol. The first-order chi connectivity index (χ1) is 8.96. The second-order valence-electron chi connectivity index (χ2n) is 5.74. The Labute approximate surface area is 122 Å². The van der Waals surface area contributed by atoms with E-state index < -0.39 is 0 Å². The molecule has 0 unspecified atom stereocenters. The lowest BCUT2D eigenvalue weighted by molar-refractivity contribution is 0.342. The van der Waals surface area contributed by atoms with E-state index >= 15 is 0 Å². The van der Waals surface area contributed by atoms with Gasteiger partial charge >= 0.3 is 0 Å². The van der Waals surface area contributed by atoms with Gasteiger partial charge < -0.3 is 11.1 Å². The molecule has 4 heteroatoms. The van der Waals surface area contributed by atoms with Crippen LogP contribution in [0.15, 0.2) is 18.3 Å². The van der Waals surface area contributed by atoms with E-state index in [0.29, 0.717) is 10.7 Å². The highest BCUT2D eigenvalue weighted by Gasteiger charge is 2.18. The van der Waals surface area contributed by atoms with E-state index in [1.165, 1.54) is 25.7 Å². The largest absolute Gasteiger partial charge is 0.388 e. The van der Waals surface area contributed by atoms with Gasteiger partial charge in [-0.3, -0.25) is 4.98 Å². The van der Waals surface area contributed by atoms with E-state index in [0.717, 1.165) is 12.2 Å². The molecular formula is C15H25N3S. The van der Waals surface area contributed by atoms with Gasteiger partial charge in [0.2, 0.25) is 0 Å². The maximum atomic E-state index is 5.68. The van der Waals surface area contributed by atoms with Crippen LogP contribution in [-0.2, 0) is 0 Å². The summed E-state index contributed by atoms with van der Waals surface area (Å²) in [6, 6.07) is 3.87. The number of hydrogen-bond acceptors (Lipinski definition) is 3. The highest BCUT2D eigenvalue weighted by Crippen LogP contribution is 2.25. The summed E-state index contributed by atoms with van der Waals surface area (Å²) in [5.74, 6) is 0. The lowest BCUT2D eigenvalue weighted by Gasteiger charge is -2.26. The number of nitrogens with two attached hydrogens (primary N) is 1. The van der Waals surface area contributed by atoms with E-state index in [9.17, 15) is 0 Å². The summed E-state index contributed by atoms with van der Waals surface area (Å²) in [4.78, 5) is 4.57. The molecular weight excluding hydrogens is 254 g/mol. The molecule has 1 aromatic heterocycles. The van der Waals surface area contributed by atoms with E-state index in [1.807, 2.05) is 12.1 Å². The molecule has 1 rings (SSSR count). The molecule has 0 saturated carbocycles. The maximum absolute atomic E-state index is 5.68. The van der Waals surface area contributed by atoms with E-state index in [-0.39, 0.29) is 5.41 Å². The third kappa shape index (κ3) is 5.55. The zero-order chi connectivity index (χ0) is 14.3. The molecule has 0 saturated heterocycles. The molecule has 0 aliphatic carbocycles. The van der Waals surface area contributed by atoms with Crippen LogP contribution in [0.25, 0.3) is 0 Å². The summed E-state index contributed by atoms with van der Waals surface area (Å²) in [7, 11) is 0. The summed E-state index contributed by atoms with van der Waals surface area (Å²) in [6.07, 6.45) is 6.77. The van der Waals surface area contributed by atoms with Crippen molar-refractivity contribution in [3.05, 3.63) is 24.0 Å². The predicted octanol–water partition coefficient (Wildman–Crippen LogP) is 3.73. The Morgan fingerprint density at radius 3 is 2.79 bits per heavy atom. The summed E-state index contributed by atoms with van der Waals surface area (Å²) in [5.41, 5.74) is 7.55. The molecule has 0 aliphatic heterocycles. The molecule has 0 fully saturated rings. The first kappa shape index (κ1) is 15.9. The molecule has 1 heterocycles. The quantitative estimate of drug-likeness (QED) is 0.562. The predicted molar refractivity (Wildman–Crippen MR) is 86.5 cm³/mol. The fourth-order valence-electron chi connectivity index (χ4n) is 2.02. The number of thiocarbonyl (C=S) groups is 1. The first-order valence-corrected chi connectivity index (χ1v) is 7.36. The normalized spacial score (nSPS) is 11.3. The van der Waals surface area contributed by atoms with Crippen molar-refractivity contribution in [2.75, 3.05) is 11.9 Å². The number of nitrogens with one attached hydrogen (secondary N) is 1. The third-order valence-electron chi connectivity index (χ3n) is 3.26. The Bertz CT molecular complexity index is 416. The molecule has 106 valence electrons. The maximum Gasteiger partial charge on any atom is 0.124 e. The van der Waals surface area contributed by atoms with Crippen LogP contribution in [0.3, 0.4) is 0 Å². The minimum atomic E-state index is 0.262. The van der Waals surface area contributed by atoms with Gasteiger partial charge in [0.1, 0.15) is 10.7 Å². The van der Waals surface area contributed by atoms with Gasteiger partial charge in [0.05, 0.1) is 5.69 Å². The highest BCUT2D eigenvalue weighted by molar-refractivity contribution is 7.80. The molecule has 3 N–H and O–H groups in total. The van der Waals surface area contributed by atoms with Crippen molar-refractivity contribution in [2.24, 2.45) is 11.1 Å². The molecule has 3 nitrogen and oxygen atoms in total. The molecule has 0 radical (unpaired) electrons. The van der Waals surface area contributed by atoms with Gasteiger partial charge in [0.25, 0.3) is 0 Å². The average Bonchev–Trinajstić information content (AvgIpc) is 2.37. The first-order valence-electron chi connectivity index (χ1n) is 6.95. The van der Waals surface area contributed by atoms with E-state index in [4.69, 9.17) is 18.0 Å². The third-order valence-corrected chi connectivity index (χ3v) is 3.45. The Hall–Kier alpha value is -1.16. The summed E-state index contributed by atoms with van der Waals surface area (Å²) in [5, 5.41) is 3.43. The fourth-order valence-corrected chi connectivity index (χ4v) is 2.18. The molecule has 1 aromatic rings. The van der Waals surface area contributed by atoms with Gasteiger partial charge in [0.15, 0.2) is 0 Å². The molecule has 0 atom stereocenters. The lowest BCUT2D eigenvalue weighted by Crippen LogP contribution is -2.24. The highest BCUT2D eigenvalue weighted by atomic mass is 32.1. The van der Waals surface area contributed by atoms with Crippen LogP contribution >= 0.6 is 12.2 Å². The molecule has 0 amide bonds. The van der Waals surface area contributed by atoms with Crippen LogP contribution in [0.4, 0.5) is 5.69 Å². The number of aromatic nitrogens is 1. The minimum absolute atomic E-state index is 0.262. The minimum Gasteiger partial charge on any atom is -0.388 e. The number of pyridine rings is 1. The number of unbranched alkanes of at least 4 members (excludes halogenated alkanes) is 2. The second-order valence-corrected chi connectivity index (χ2v) is 6.18. The van der Waals surface area contributed by atoms with Gasteiger partial charge in [-0.05, 0) is 24.0 Å². The Morgan fingerprint density at radius 1 is 1.42 bits per heavy atom. The fraction of sp³-hybridized carbons (Fsp3) is 0.600. The number of hydrogen-bond donors (Lipinski definition) is 2. The zero-order valence-corrected chi connectivity index (χ0v) is 13.0. The molecule has 0 aliphatic rings.